The number of nitrogens with zero attached hydrogens (tertiary/aromatic N) is 5. The van der Waals surface area contributed by atoms with Crippen molar-refractivity contribution in [3.8, 4) is 11.8 Å². The van der Waals surface area contributed by atoms with Crippen LogP contribution in [0.1, 0.15) is 33.1 Å². The highest BCUT2D eigenvalue weighted by Gasteiger charge is 2.22. The molecule has 1 aliphatic rings. The number of aromatic nitrogens is 4. The number of hydrogen-bond donors (Lipinski definition) is 1. The van der Waals surface area contributed by atoms with Crippen molar-refractivity contribution in [1.82, 2.24) is 19.1 Å². The fraction of sp³-hybridized carbons (Fsp3) is 0.632. The van der Waals surface area contributed by atoms with Gasteiger partial charge in [0, 0.05) is 33.3 Å². The molecule has 8 nitrogen and oxygen atoms in total. The molecule has 0 spiro atoms. The molecule has 1 aliphatic heterocycles. The van der Waals surface area contributed by atoms with E-state index >= 15 is 0 Å². The van der Waals surface area contributed by atoms with Gasteiger partial charge in [-0.3, -0.25) is 13.9 Å². The minimum atomic E-state index is -0.118. The summed E-state index contributed by atoms with van der Waals surface area (Å²) in [4.78, 5) is 24.6. The summed E-state index contributed by atoms with van der Waals surface area (Å²) in [6.45, 7) is 7.89. The molecule has 0 radical (unpaired) electrons. The van der Waals surface area contributed by atoms with Crippen molar-refractivity contribution in [3.63, 3.8) is 0 Å². The van der Waals surface area contributed by atoms with Crippen molar-refractivity contribution in [2.75, 3.05) is 43.1 Å². The zero-order chi connectivity index (χ0) is 19.2. The Morgan fingerprint density at radius 3 is 2.70 bits per heavy atom. The molecule has 0 unspecified atom stereocenters. The van der Waals surface area contributed by atoms with Gasteiger partial charge in [-0.2, -0.15) is 9.97 Å². The summed E-state index contributed by atoms with van der Waals surface area (Å²) >= 11 is 0. The molecule has 3 rings (SSSR count). The standard InChI is InChI=1S/C19H28N6O2/c1-4-6-13-25-15-16(22-19(25)24-11-8-7-9-12-24)21-18(23(3)17(15)26)20-10-14-27-5-2/h5,7-14H2,1-3H3,(H,20,21). The van der Waals surface area contributed by atoms with Crippen LogP contribution in [0.3, 0.4) is 0 Å². The minimum absolute atomic E-state index is 0.118. The van der Waals surface area contributed by atoms with Gasteiger partial charge in [-0.05, 0) is 33.1 Å². The van der Waals surface area contributed by atoms with E-state index in [9.17, 15) is 4.79 Å². The maximum Gasteiger partial charge on any atom is 0.281 e. The molecule has 1 fully saturated rings. The Labute approximate surface area is 159 Å². The monoisotopic (exact) mass is 372 g/mol. The summed E-state index contributed by atoms with van der Waals surface area (Å²) in [5.41, 5.74) is 0.860. The van der Waals surface area contributed by atoms with Crippen LogP contribution in [0.2, 0.25) is 0 Å². The predicted octanol–water partition coefficient (Wildman–Crippen LogP) is 1.59. The van der Waals surface area contributed by atoms with Crippen LogP contribution < -0.4 is 15.8 Å². The van der Waals surface area contributed by atoms with Gasteiger partial charge < -0.3 is 15.0 Å². The lowest BCUT2D eigenvalue weighted by Gasteiger charge is -2.27. The second-order valence-corrected chi connectivity index (χ2v) is 6.57. The smallest absolute Gasteiger partial charge is 0.281 e. The number of fused-ring (bicyclic) bond motifs is 1. The zero-order valence-corrected chi connectivity index (χ0v) is 16.4. The van der Waals surface area contributed by atoms with Gasteiger partial charge in [-0.15, -0.1) is 5.92 Å². The third-order valence-corrected chi connectivity index (χ3v) is 4.75. The molecule has 0 atom stereocenters. The molecule has 0 amide bonds. The first-order valence-electron chi connectivity index (χ1n) is 9.60. The molecule has 0 saturated carbocycles. The highest BCUT2D eigenvalue weighted by atomic mass is 16.5. The number of piperidine rings is 1. The topological polar surface area (TPSA) is 77.2 Å². The lowest BCUT2D eigenvalue weighted by atomic mass is 10.1. The molecule has 2 aromatic rings. The average Bonchev–Trinajstić information content (AvgIpc) is 3.06. The normalized spacial score (nSPS) is 14.3. The van der Waals surface area contributed by atoms with Crippen molar-refractivity contribution < 1.29 is 4.74 Å². The van der Waals surface area contributed by atoms with E-state index in [1.807, 2.05) is 11.5 Å². The number of nitrogens with one attached hydrogen (secondary N) is 1. The lowest BCUT2D eigenvalue weighted by Crippen LogP contribution is -2.32. The Morgan fingerprint density at radius 1 is 1.22 bits per heavy atom. The van der Waals surface area contributed by atoms with Crippen LogP contribution in [0, 0.1) is 11.8 Å². The number of imidazole rings is 1. The van der Waals surface area contributed by atoms with Crippen molar-refractivity contribution in [3.05, 3.63) is 10.4 Å². The molecule has 0 aromatic carbocycles. The van der Waals surface area contributed by atoms with Crippen LogP contribution in [0.15, 0.2) is 4.79 Å². The van der Waals surface area contributed by atoms with E-state index in [0.29, 0.717) is 43.4 Å². The summed E-state index contributed by atoms with van der Waals surface area (Å²) in [7, 11) is 1.72. The molecule has 0 bridgehead atoms. The number of anilines is 2. The summed E-state index contributed by atoms with van der Waals surface area (Å²) < 4.78 is 8.79. The van der Waals surface area contributed by atoms with E-state index in [4.69, 9.17) is 9.72 Å². The van der Waals surface area contributed by atoms with Gasteiger partial charge in [0.2, 0.25) is 11.9 Å². The van der Waals surface area contributed by atoms with E-state index in [-0.39, 0.29) is 5.56 Å². The van der Waals surface area contributed by atoms with E-state index < -0.39 is 0 Å². The SMILES string of the molecule is CC#CCn1c(N2CCCCC2)nc2nc(NCCOCC)n(C)c(=O)c21. The maximum atomic E-state index is 13.0. The molecule has 27 heavy (non-hydrogen) atoms. The quantitative estimate of drug-likeness (QED) is 0.588. The van der Waals surface area contributed by atoms with Crippen LogP contribution in [-0.4, -0.2) is 52.0 Å². The summed E-state index contributed by atoms with van der Waals surface area (Å²) in [6.07, 6.45) is 3.51. The molecule has 1 N–H and O–H groups in total. The molecular formula is C19H28N6O2. The number of hydrogen-bond acceptors (Lipinski definition) is 6. The second-order valence-electron chi connectivity index (χ2n) is 6.57. The van der Waals surface area contributed by atoms with Crippen LogP contribution in [0.5, 0.6) is 0 Å². The van der Waals surface area contributed by atoms with Crippen molar-refractivity contribution in [1.29, 1.82) is 0 Å². The predicted molar refractivity (Wildman–Crippen MR) is 107 cm³/mol. The Morgan fingerprint density at radius 2 is 2.00 bits per heavy atom. The molecule has 8 heteroatoms. The highest BCUT2D eigenvalue weighted by Crippen LogP contribution is 2.23. The Kier molecular flexibility index (Phi) is 6.35. The van der Waals surface area contributed by atoms with Gasteiger partial charge in [0.1, 0.15) is 0 Å². The molecule has 146 valence electrons. The molecule has 3 heterocycles. The highest BCUT2D eigenvalue weighted by molar-refractivity contribution is 5.75. The van der Waals surface area contributed by atoms with Crippen LogP contribution in [0.4, 0.5) is 11.9 Å². The van der Waals surface area contributed by atoms with E-state index in [2.05, 4.69) is 27.0 Å². The number of ether oxygens (including phenoxy) is 1. The first-order valence-corrected chi connectivity index (χ1v) is 9.60. The van der Waals surface area contributed by atoms with Crippen LogP contribution >= 0.6 is 0 Å². The van der Waals surface area contributed by atoms with Gasteiger partial charge in [0.05, 0.1) is 13.2 Å². The summed E-state index contributed by atoms with van der Waals surface area (Å²) in [5, 5.41) is 3.17. The first-order chi connectivity index (χ1) is 13.2. The molecule has 1 saturated heterocycles. The summed E-state index contributed by atoms with van der Waals surface area (Å²) in [6, 6.07) is 0. The van der Waals surface area contributed by atoms with Crippen molar-refractivity contribution >= 4 is 23.1 Å². The van der Waals surface area contributed by atoms with Gasteiger partial charge >= 0.3 is 0 Å². The van der Waals surface area contributed by atoms with Crippen molar-refractivity contribution in [2.45, 2.75) is 39.7 Å². The van der Waals surface area contributed by atoms with E-state index in [1.54, 1.807) is 14.0 Å². The molecular weight excluding hydrogens is 344 g/mol. The zero-order valence-electron chi connectivity index (χ0n) is 16.4. The third kappa shape index (κ3) is 4.08. The van der Waals surface area contributed by atoms with Gasteiger partial charge in [-0.1, -0.05) is 5.92 Å². The number of rotatable bonds is 7. The lowest BCUT2D eigenvalue weighted by molar-refractivity contribution is 0.158. The van der Waals surface area contributed by atoms with Crippen molar-refractivity contribution in [2.24, 2.45) is 7.05 Å². The fourth-order valence-electron chi connectivity index (χ4n) is 3.33. The average molecular weight is 372 g/mol. The summed E-state index contributed by atoms with van der Waals surface area (Å²) in [5.74, 6) is 7.28. The van der Waals surface area contributed by atoms with Gasteiger partial charge in [0.15, 0.2) is 11.2 Å². The second kappa shape index (κ2) is 8.91. The van der Waals surface area contributed by atoms with Crippen LogP contribution in [0.25, 0.3) is 11.2 Å². The van der Waals surface area contributed by atoms with E-state index in [0.717, 1.165) is 31.9 Å². The first kappa shape index (κ1) is 19.2. The Balaban J connectivity index is 2.03. The maximum absolute atomic E-state index is 13.0. The van der Waals surface area contributed by atoms with Crippen LogP contribution in [-0.2, 0) is 18.3 Å². The Hall–Kier alpha value is -2.53. The van der Waals surface area contributed by atoms with E-state index in [1.165, 1.54) is 11.0 Å². The van der Waals surface area contributed by atoms with Gasteiger partial charge in [0.25, 0.3) is 5.56 Å². The van der Waals surface area contributed by atoms with Gasteiger partial charge in [-0.25, -0.2) is 0 Å². The largest absolute Gasteiger partial charge is 0.380 e. The molecule has 2 aromatic heterocycles. The fourth-order valence-corrected chi connectivity index (χ4v) is 3.33. The minimum Gasteiger partial charge on any atom is -0.380 e. The third-order valence-electron chi connectivity index (χ3n) is 4.75. The Bertz CT molecular complexity index is 899. The molecule has 0 aliphatic carbocycles.